The van der Waals surface area contributed by atoms with Crippen molar-refractivity contribution in [3.63, 3.8) is 0 Å². The van der Waals surface area contributed by atoms with Crippen LogP contribution in [0.2, 0.25) is 0 Å². The van der Waals surface area contributed by atoms with Crippen LogP contribution in [0.3, 0.4) is 0 Å². The number of benzene rings is 1. The van der Waals surface area contributed by atoms with Gasteiger partial charge in [-0.3, -0.25) is 4.79 Å². The van der Waals surface area contributed by atoms with Crippen molar-refractivity contribution in [1.82, 2.24) is 4.90 Å². The Bertz CT molecular complexity index is 739. The van der Waals surface area contributed by atoms with E-state index in [1.807, 2.05) is 11.0 Å². The molecular weight excluding hydrogens is 341 g/mol. The fourth-order valence-electron chi connectivity index (χ4n) is 4.15. The maximum atomic E-state index is 13.1. The van der Waals surface area contributed by atoms with E-state index in [0.29, 0.717) is 6.54 Å². The van der Waals surface area contributed by atoms with Gasteiger partial charge < -0.3 is 18.9 Å². The second kappa shape index (κ2) is 6.61. The zero-order valence-electron chi connectivity index (χ0n) is 17.1. The molecule has 0 bridgehead atoms. The number of rotatable bonds is 3. The van der Waals surface area contributed by atoms with Gasteiger partial charge in [0.1, 0.15) is 0 Å². The second-order valence-corrected chi connectivity index (χ2v) is 9.09. The molecule has 0 aliphatic carbocycles. The summed E-state index contributed by atoms with van der Waals surface area (Å²) in [5, 5.41) is 0. The molecule has 1 aromatic rings. The van der Waals surface area contributed by atoms with Crippen LogP contribution in [0.25, 0.3) is 0 Å². The highest BCUT2D eigenvalue weighted by Gasteiger charge is 2.52. The van der Waals surface area contributed by atoms with Gasteiger partial charge in [0.2, 0.25) is 0 Å². The van der Waals surface area contributed by atoms with E-state index in [4.69, 9.17) is 14.0 Å². The van der Waals surface area contributed by atoms with Crippen molar-refractivity contribution < 1.29 is 18.8 Å². The van der Waals surface area contributed by atoms with Crippen molar-refractivity contribution in [2.45, 2.75) is 71.2 Å². The number of hydrogen-bond acceptors (Lipinski definition) is 4. The normalized spacial score (nSPS) is 26.6. The summed E-state index contributed by atoms with van der Waals surface area (Å²) in [4.78, 5) is 15.1. The van der Waals surface area contributed by atoms with Gasteiger partial charge in [0, 0.05) is 25.3 Å². The van der Waals surface area contributed by atoms with E-state index in [0.717, 1.165) is 54.6 Å². The Kier molecular flexibility index (Phi) is 4.64. The smallest absolute Gasteiger partial charge is 0.399 e. The first-order valence-corrected chi connectivity index (χ1v) is 10.1. The summed E-state index contributed by atoms with van der Waals surface area (Å²) < 4.78 is 18.2. The van der Waals surface area contributed by atoms with E-state index in [1.165, 1.54) is 0 Å². The third kappa shape index (κ3) is 3.32. The van der Waals surface area contributed by atoms with Crippen LogP contribution < -0.4 is 5.46 Å². The van der Waals surface area contributed by atoms with Crippen molar-refractivity contribution in [3.05, 3.63) is 28.8 Å². The van der Waals surface area contributed by atoms with Gasteiger partial charge in [0.15, 0.2) is 0 Å². The molecule has 3 aliphatic heterocycles. The Labute approximate surface area is 162 Å². The Morgan fingerprint density at radius 2 is 1.89 bits per heavy atom. The zero-order chi connectivity index (χ0) is 19.4. The standard InChI is InChI=1S/C21H30BNO4/c1-14-11-15-8-9-23(13-16-7-6-10-25-16)19(24)17(15)12-18(14)22-26-20(2,3)21(4,5)27-22/h11-12,16H,6-10,13H2,1-5H3. The molecule has 4 rings (SSSR count). The Morgan fingerprint density at radius 1 is 1.19 bits per heavy atom. The van der Waals surface area contributed by atoms with E-state index < -0.39 is 18.3 Å². The first-order chi connectivity index (χ1) is 12.7. The summed E-state index contributed by atoms with van der Waals surface area (Å²) >= 11 is 0. The SMILES string of the molecule is Cc1cc2c(cc1B1OC(C)(C)C(C)(C)O1)C(=O)N(CC1CCCO1)CC2. The maximum absolute atomic E-state index is 13.1. The fraction of sp³-hybridized carbons (Fsp3) is 0.667. The summed E-state index contributed by atoms with van der Waals surface area (Å²) in [5.74, 6) is 0.101. The number of aryl methyl sites for hydroxylation is 1. The average molecular weight is 371 g/mol. The summed E-state index contributed by atoms with van der Waals surface area (Å²) in [7, 11) is -0.443. The molecular formula is C21H30BNO4. The minimum absolute atomic E-state index is 0.101. The molecule has 3 aliphatic rings. The van der Waals surface area contributed by atoms with E-state index in [9.17, 15) is 4.79 Å². The minimum atomic E-state index is -0.443. The molecule has 0 N–H and O–H groups in total. The predicted octanol–water partition coefficient (Wildman–Crippen LogP) is 2.47. The Balaban J connectivity index is 1.60. The van der Waals surface area contributed by atoms with Crippen LogP contribution in [-0.4, -0.2) is 54.9 Å². The lowest BCUT2D eigenvalue weighted by Crippen LogP contribution is -2.44. The lowest BCUT2D eigenvalue weighted by Gasteiger charge is -2.32. The average Bonchev–Trinajstić information content (AvgIpc) is 3.16. The van der Waals surface area contributed by atoms with E-state index in [-0.39, 0.29) is 12.0 Å². The van der Waals surface area contributed by atoms with Gasteiger partial charge in [-0.25, -0.2) is 0 Å². The van der Waals surface area contributed by atoms with Crippen molar-refractivity contribution in [1.29, 1.82) is 0 Å². The summed E-state index contributed by atoms with van der Waals surface area (Å²) in [5.41, 5.74) is 3.20. The van der Waals surface area contributed by atoms with Crippen molar-refractivity contribution in [2.24, 2.45) is 0 Å². The molecule has 2 fully saturated rings. The summed E-state index contributed by atoms with van der Waals surface area (Å²) in [6.45, 7) is 12.5. The fourth-order valence-corrected chi connectivity index (χ4v) is 4.15. The number of fused-ring (bicyclic) bond motifs is 1. The van der Waals surface area contributed by atoms with Gasteiger partial charge in [-0.15, -0.1) is 0 Å². The highest BCUT2D eigenvalue weighted by molar-refractivity contribution is 6.62. The third-order valence-corrected chi connectivity index (χ3v) is 6.62. The van der Waals surface area contributed by atoms with Crippen LogP contribution in [0.1, 0.15) is 62.0 Å². The van der Waals surface area contributed by atoms with Crippen LogP contribution in [-0.2, 0) is 20.5 Å². The molecule has 1 aromatic carbocycles. The van der Waals surface area contributed by atoms with Gasteiger partial charge in [-0.1, -0.05) is 11.6 Å². The molecule has 6 heteroatoms. The van der Waals surface area contributed by atoms with Crippen molar-refractivity contribution in [3.8, 4) is 0 Å². The van der Waals surface area contributed by atoms with E-state index >= 15 is 0 Å². The van der Waals surface area contributed by atoms with Crippen LogP contribution in [0, 0.1) is 6.92 Å². The van der Waals surface area contributed by atoms with E-state index in [2.05, 4.69) is 40.7 Å². The second-order valence-electron chi connectivity index (χ2n) is 9.09. The number of carbonyl (C=O) groups excluding carboxylic acids is 1. The largest absolute Gasteiger partial charge is 0.495 e. The van der Waals surface area contributed by atoms with Gasteiger partial charge in [0.25, 0.3) is 5.91 Å². The maximum Gasteiger partial charge on any atom is 0.495 e. The third-order valence-electron chi connectivity index (χ3n) is 6.62. The Morgan fingerprint density at radius 3 is 2.52 bits per heavy atom. The highest BCUT2D eigenvalue weighted by Crippen LogP contribution is 2.37. The molecule has 3 heterocycles. The number of hydrogen-bond donors (Lipinski definition) is 0. The number of nitrogens with zero attached hydrogens (tertiary/aromatic N) is 1. The Hall–Kier alpha value is -1.37. The van der Waals surface area contributed by atoms with Crippen LogP contribution in [0.5, 0.6) is 0 Å². The molecule has 2 saturated heterocycles. The van der Waals surface area contributed by atoms with Gasteiger partial charge in [-0.2, -0.15) is 0 Å². The number of amides is 1. The molecule has 146 valence electrons. The molecule has 5 nitrogen and oxygen atoms in total. The molecule has 0 saturated carbocycles. The van der Waals surface area contributed by atoms with Crippen LogP contribution in [0.15, 0.2) is 12.1 Å². The zero-order valence-corrected chi connectivity index (χ0v) is 17.1. The number of ether oxygens (including phenoxy) is 1. The summed E-state index contributed by atoms with van der Waals surface area (Å²) in [6, 6.07) is 4.13. The van der Waals surface area contributed by atoms with Gasteiger partial charge >= 0.3 is 7.12 Å². The first kappa shape index (κ1) is 19.0. The molecule has 0 spiro atoms. The molecule has 1 amide bonds. The van der Waals surface area contributed by atoms with Crippen LogP contribution in [0.4, 0.5) is 0 Å². The van der Waals surface area contributed by atoms with E-state index in [1.54, 1.807) is 0 Å². The van der Waals surface area contributed by atoms with Gasteiger partial charge in [-0.05, 0) is 71.0 Å². The minimum Gasteiger partial charge on any atom is -0.399 e. The monoisotopic (exact) mass is 371 g/mol. The van der Waals surface area contributed by atoms with Crippen LogP contribution >= 0.6 is 0 Å². The molecule has 1 unspecified atom stereocenters. The van der Waals surface area contributed by atoms with Crippen molar-refractivity contribution in [2.75, 3.05) is 19.7 Å². The lowest BCUT2D eigenvalue weighted by atomic mass is 9.74. The molecule has 1 atom stereocenters. The topological polar surface area (TPSA) is 48.0 Å². The number of carbonyl (C=O) groups is 1. The quantitative estimate of drug-likeness (QED) is 0.766. The van der Waals surface area contributed by atoms with Gasteiger partial charge in [0.05, 0.1) is 17.3 Å². The molecule has 0 aromatic heterocycles. The molecule has 27 heavy (non-hydrogen) atoms. The summed E-state index contributed by atoms with van der Waals surface area (Å²) in [6.07, 6.45) is 3.21. The lowest BCUT2D eigenvalue weighted by molar-refractivity contribution is 0.00578. The highest BCUT2D eigenvalue weighted by atomic mass is 16.7. The predicted molar refractivity (Wildman–Crippen MR) is 105 cm³/mol. The van der Waals surface area contributed by atoms with Crippen molar-refractivity contribution >= 4 is 18.5 Å². The first-order valence-electron chi connectivity index (χ1n) is 10.1. The molecule has 0 radical (unpaired) electrons.